The lowest BCUT2D eigenvalue weighted by Gasteiger charge is -2.23. The number of pyridine rings is 1. The van der Waals surface area contributed by atoms with E-state index in [1.165, 1.54) is 6.33 Å². The van der Waals surface area contributed by atoms with E-state index in [1.807, 2.05) is 24.4 Å². The number of nitrogens with one attached hydrogen (secondary N) is 1. The first-order valence-electron chi connectivity index (χ1n) is 6.66. The molecule has 1 unspecified atom stereocenters. The first-order valence-corrected chi connectivity index (χ1v) is 7.60. The van der Waals surface area contributed by atoms with E-state index >= 15 is 0 Å². The van der Waals surface area contributed by atoms with Crippen molar-refractivity contribution >= 4 is 28.1 Å². The van der Waals surface area contributed by atoms with Gasteiger partial charge in [0, 0.05) is 24.5 Å². The molecule has 5 nitrogen and oxygen atoms in total. The van der Waals surface area contributed by atoms with E-state index in [-0.39, 0.29) is 0 Å². The summed E-state index contributed by atoms with van der Waals surface area (Å²) in [5, 5.41) is 18.7. The standard InChI is InChI=1S/C15H16N4OS/c1-15(20,6-11-3-5-21-8-11)9-17-14-12-2-4-16-7-13(12)18-10-19-14/h2-5,7-8,10,20H,6,9H2,1H3,(H,17,18,19). The van der Waals surface area contributed by atoms with Gasteiger partial charge in [0.15, 0.2) is 0 Å². The summed E-state index contributed by atoms with van der Waals surface area (Å²) >= 11 is 1.64. The van der Waals surface area contributed by atoms with Crippen LogP contribution in [0.1, 0.15) is 12.5 Å². The van der Waals surface area contributed by atoms with Gasteiger partial charge in [-0.25, -0.2) is 9.97 Å². The molecule has 0 saturated heterocycles. The molecule has 21 heavy (non-hydrogen) atoms. The number of fused-ring (bicyclic) bond motifs is 1. The van der Waals surface area contributed by atoms with E-state index in [2.05, 4.69) is 25.6 Å². The number of aromatic nitrogens is 3. The van der Waals surface area contributed by atoms with Gasteiger partial charge in [0.1, 0.15) is 12.1 Å². The van der Waals surface area contributed by atoms with Crippen molar-refractivity contribution in [1.29, 1.82) is 0 Å². The van der Waals surface area contributed by atoms with E-state index < -0.39 is 5.60 Å². The molecule has 1 atom stereocenters. The van der Waals surface area contributed by atoms with Crippen LogP contribution in [0.5, 0.6) is 0 Å². The number of hydrogen-bond acceptors (Lipinski definition) is 6. The van der Waals surface area contributed by atoms with Gasteiger partial charge in [-0.2, -0.15) is 11.3 Å². The zero-order chi connectivity index (χ0) is 14.7. The molecule has 3 rings (SSSR count). The van der Waals surface area contributed by atoms with E-state index in [0.717, 1.165) is 16.5 Å². The lowest BCUT2D eigenvalue weighted by Crippen LogP contribution is -2.35. The van der Waals surface area contributed by atoms with Crippen LogP contribution < -0.4 is 5.32 Å². The van der Waals surface area contributed by atoms with Gasteiger partial charge in [-0.15, -0.1) is 0 Å². The SMILES string of the molecule is CC(O)(CNc1ncnc2cnccc12)Cc1ccsc1. The summed E-state index contributed by atoms with van der Waals surface area (Å²) < 4.78 is 0. The topological polar surface area (TPSA) is 70.9 Å². The van der Waals surface area contributed by atoms with Gasteiger partial charge >= 0.3 is 0 Å². The minimum absolute atomic E-state index is 0.414. The Kier molecular flexibility index (Phi) is 3.81. The predicted octanol–water partition coefficient (Wildman–Crippen LogP) is 2.49. The molecular weight excluding hydrogens is 284 g/mol. The lowest BCUT2D eigenvalue weighted by atomic mass is 9.98. The summed E-state index contributed by atoms with van der Waals surface area (Å²) in [6.07, 6.45) is 5.51. The van der Waals surface area contributed by atoms with Crippen molar-refractivity contribution in [3.05, 3.63) is 47.2 Å². The molecular formula is C15H16N4OS. The Labute approximate surface area is 126 Å². The van der Waals surface area contributed by atoms with Crippen molar-refractivity contribution in [3.63, 3.8) is 0 Å². The van der Waals surface area contributed by atoms with Gasteiger partial charge in [0.25, 0.3) is 0 Å². The normalized spacial score (nSPS) is 14.0. The molecule has 108 valence electrons. The van der Waals surface area contributed by atoms with Crippen molar-refractivity contribution < 1.29 is 5.11 Å². The summed E-state index contributed by atoms with van der Waals surface area (Å²) in [7, 11) is 0. The second-order valence-electron chi connectivity index (χ2n) is 5.27. The van der Waals surface area contributed by atoms with Crippen LogP contribution in [-0.2, 0) is 6.42 Å². The molecule has 0 bridgehead atoms. The highest BCUT2D eigenvalue weighted by Crippen LogP contribution is 2.20. The van der Waals surface area contributed by atoms with E-state index in [0.29, 0.717) is 18.8 Å². The number of anilines is 1. The number of hydrogen-bond donors (Lipinski definition) is 2. The lowest BCUT2D eigenvalue weighted by molar-refractivity contribution is 0.0742. The van der Waals surface area contributed by atoms with Crippen LogP contribution in [0.4, 0.5) is 5.82 Å². The largest absolute Gasteiger partial charge is 0.388 e. The maximum Gasteiger partial charge on any atom is 0.137 e. The molecule has 0 saturated carbocycles. The average Bonchev–Trinajstić information content (AvgIpc) is 2.97. The molecule has 2 N–H and O–H groups in total. The summed E-state index contributed by atoms with van der Waals surface area (Å²) in [6, 6.07) is 3.90. The molecule has 0 aliphatic heterocycles. The minimum Gasteiger partial charge on any atom is -0.388 e. The summed E-state index contributed by atoms with van der Waals surface area (Å²) in [6.45, 7) is 2.24. The van der Waals surface area contributed by atoms with E-state index in [4.69, 9.17) is 0 Å². The fourth-order valence-electron chi connectivity index (χ4n) is 2.22. The molecule has 0 aromatic carbocycles. The molecule has 3 heterocycles. The maximum atomic E-state index is 10.5. The highest BCUT2D eigenvalue weighted by atomic mass is 32.1. The number of rotatable bonds is 5. The molecule has 0 aliphatic carbocycles. The van der Waals surface area contributed by atoms with Crippen molar-refractivity contribution in [2.24, 2.45) is 0 Å². The number of aliphatic hydroxyl groups is 1. The Morgan fingerprint density at radius 3 is 3.05 bits per heavy atom. The van der Waals surface area contributed by atoms with Crippen LogP contribution in [0, 0.1) is 0 Å². The van der Waals surface area contributed by atoms with Gasteiger partial charge in [0.05, 0.1) is 17.3 Å². The highest BCUT2D eigenvalue weighted by molar-refractivity contribution is 7.07. The van der Waals surface area contributed by atoms with Crippen molar-refractivity contribution in [3.8, 4) is 0 Å². The summed E-state index contributed by atoms with van der Waals surface area (Å²) in [4.78, 5) is 12.5. The van der Waals surface area contributed by atoms with Gasteiger partial charge < -0.3 is 10.4 Å². The van der Waals surface area contributed by atoms with E-state index in [1.54, 1.807) is 23.7 Å². The van der Waals surface area contributed by atoms with Crippen molar-refractivity contribution in [2.45, 2.75) is 18.9 Å². The molecule has 6 heteroatoms. The molecule has 0 fully saturated rings. The van der Waals surface area contributed by atoms with Crippen LogP contribution in [0.3, 0.4) is 0 Å². The smallest absolute Gasteiger partial charge is 0.137 e. The molecule has 3 aromatic heterocycles. The third-order valence-corrected chi connectivity index (χ3v) is 3.97. The number of thiophene rings is 1. The van der Waals surface area contributed by atoms with Crippen LogP contribution in [0.25, 0.3) is 10.9 Å². The molecule has 0 spiro atoms. The summed E-state index contributed by atoms with van der Waals surface area (Å²) in [5.74, 6) is 0.716. The van der Waals surface area contributed by atoms with Gasteiger partial charge in [-0.05, 0) is 35.4 Å². The maximum absolute atomic E-state index is 10.5. The average molecular weight is 300 g/mol. The fraction of sp³-hybridized carbons (Fsp3) is 0.267. The van der Waals surface area contributed by atoms with Crippen molar-refractivity contribution in [1.82, 2.24) is 15.0 Å². The van der Waals surface area contributed by atoms with Crippen LogP contribution in [0.15, 0.2) is 41.6 Å². The third kappa shape index (κ3) is 3.34. The zero-order valence-corrected chi connectivity index (χ0v) is 12.5. The van der Waals surface area contributed by atoms with Crippen molar-refractivity contribution in [2.75, 3.05) is 11.9 Å². The van der Waals surface area contributed by atoms with Crippen LogP contribution in [-0.4, -0.2) is 32.2 Å². The second-order valence-corrected chi connectivity index (χ2v) is 6.05. The Hall–Kier alpha value is -2.05. The Morgan fingerprint density at radius 2 is 2.24 bits per heavy atom. The van der Waals surface area contributed by atoms with Gasteiger partial charge in [0.2, 0.25) is 0 Å². The first-order chi connectivity index (χ1) is 10.1. The first kappa shape index (κ1) is 13.9. The molecule has 0 radical (unpaired) electrons. The minimum atomic E-state index is -0.842. The quantitative estimate of drug-likeness (QED) is 0.757. The van der Waals surface area contributed by atoms with Gasteiger partial charge in [-0.1, -0.05) is 0 Å². The predicted molar refractivity (Wildman–Crippen MR) is 84.5 cm³/mol. The van der Waals surface area contributed by atoms with Crippen LogP contribution >= 0.6 is 11.3 Å². The Bertz CT molecular complexity index is 722. The zero-order valence-electron chi connectivity index (χ0n) is 11.7. The molecule has 0 amide bonds. The number of nitrogens with zero attached hydrogens (tertiary/aromatic N) is 3. The third-order valence-electron chi connectivity index (χ3n) is 3.24. The second kappa shape index (κ2) is 5.75. The Balaban J connectivity index is 1.74. The highest BCUT2D eigenvalue weighted by Gasteiger charge is 2.21. The molecule has 0 aliphatic rings. The molecule has 3 aromatic rings. The summed E-state index contributed by atoms with van der Waals surface area (Å²) in [5.41, 5.74) is 1.08. The monoisotopic (exact) mass is 300 g/mol. The fourth-order valence-corrected chi connectivity index (χ4v) is 2.89. The Morgan fingerprint density at radius 1 is 1.33 bits per heavy atom. The van der Waals surface area contributed by atoms with Crippen LogP contribution in [0.2, 0.25) is 0 Å². The van der Waals surface area contributed by atoms with E-state index in [9.17, 15) is 5.11 Å². The van der Waals surface area contributed by atoms with Gasteiger partial charge in [-0.3, -0.25) is 4.98 Å².